The number of hydrogen-bond donors (Lipinski definition) is 7. The highest BCUT2D eigenvalue weighted by molar-refractivity contribution is 6.13. The normalized spacial score (nSPS) is 17.3. The van der Waals surface area contributed by atoms with E-state index in [0.29, 0.717) is 12.3 Å². The maximum atomic E-state index is 12.9. The number of carbonyl (C=O) groups is 4. The molecule has 11 heteroatoms. The van der Waals surface area contributed by atoms with Gasteiger partial charge in [-0.05, 0) is 32.2 Å². The number of Topliss-reactive ketones (excluding diaryl/α,β-unsaturated/α-hetero) is 2. The van der Waals surface area contributed by atoms with Crippen molar-refractivity contribution in [3.05, 3.63) is 0 Å². The van der Waals surface area contributed by atoms with Gasteiger partial charge < -0.3 is 38.5 Å². The highest BCUT2D eigenvalue weighted by Crippen LogP contribution is 2.23. The Morgan fingerprint density at radius 2 is 1.61 bits per heavy atom. The Morgan fingerprint density at radius 3 is 2.06 bits per heavy atom. The lowest BCUT2D eigenvalue weighted by Crippen LogP contribution is -2.68. The molecule has 5 atom stereocenters. The van der Waals surface area contributed by atoms with Crippen molar-refractivity contribution >= 4 is 23.4 Å². The summed E-state index contributed by atoms with van der Waals surface area (Å²) in [4.78, 5) is 50.0. The van der Waals surface area contributed by atoms with E-state index in [1.807, 2.05) is 13.8 Å². The van der Waals surface area contributed by atoms with Crippen molar-refractivity contribution in [2.75, 3.05) is 13.1 Å². The second kappa shape index (κ2) is 13.5. The molecule has 0 fully saturated rings. The number of carboxylic acids is 1. The van der Waals surface area contributed by atoms with E-state index in [4.69, 9.17) is 22.9 Å². The molecule has 0 spiro atoms. The summed E-state index contributed by atoms with van der Waals surface area (Å²) >= 11 is 0. The van der Waals surface area contributed by atoms with Gasteiger partial charge in [-0.1, -0.05) is 26.7 Å². The van der Waals surface area contributed by atoms with Crippen LogP contribution in [0.5, 0.6) is 0 Å². The molecule has 0 bridgehead atoms. The zero-order valence-electron chi connectivity index (χ0n) is 18.7. The molecule has 1 amide bonds. The number of aliphatic hydroxyl groups is 1. The topological polar surface area (TPSA) is 225 Å². The predicted octanol–water partition coefficient (Wildman–Crippen LogP) is -1.76. The Hall–Kier alpha value is -1.92. The zero-order valence-corrected chi connectivity index (χ0v) is 18.7. The highest BCUT2D eigenvalue weighted by Gasteiger charge is 2.53. The average Bonchev–Trinajstić information content (AvgIpc) is 2.69. The van der Waals surface area contributed by atoms with Gasteiger partial charge in [0.1, 0.15) is 11.8 Å². The van der Waals surface area contributed by atoms with Crippen molar-refractivity contribution in [1.82, 2.24) is 5.32 Å². The number of ketones is 2. The number of rotatable bonds is 16. The molecule has 0 aromatic rings. The molecule has 3 unspecified atom stereocenters. The van der Waals surface area contributed by atoms with Crippen LogP contribution in [-0.4, -0.2) is 70.5 Å². The van der Waals surface area contributed by atoms with Gasteiger partial charge in [0, 0.05) is 13.0 Å². The molecule has 0 saturated carbocycles. The van der Waals surface area contributed by atoms with Crippen LogP contribution in [0.4, 0.5) is 0 Å². The minimum Gasteiger partial charge on any atom is -0.480 e. The maximum absolute atomic E-state index is 12.9. The number of hydrogen-bond acceptors (Lipinski definition) is 9. The maximum Gasteiger partial charge on any atom is 0.332 e. The molecule has 0 aromatic heterocycles. The van der Waals surface area contributed by atoms with Crippen LogP contribution in [0, 0.1) is 11.8 Å². The molecule has 11 N–H and O–H groups in total. The van der Waals surface area contributed by atoms with E-state index in [9.17, 15) is 29.4 Å². The van der Waals surface area contributed by atoms with Crippen LogP contribution in [0.1, 0.15) is 52.9 Å². The van der Waals surface area contributed by atoms with Crippen LogP contribution in [0.15, 0.2) is 0 Å². The van der Waals surface area contributed by atoms with E-state index >= 15 is 0 Å². The van der Waals surface area contributed by atoms with Crippen LogP contribution in [0.3, 0.4) is 0 Å². The number of nitrogens with one attached hydrogen (secondary N) is 1. The molecule has 0 aliphatic carbocycles. The minimum atomic E-state index is -2.65. The molecular weight excluding hydrogens is 406 g/mol. The molecule has 0 aliphatic rings. The molecule has 0 aliphatic heterocycles. The molecule has 0 aromatic carbocycles. The SMILES string of the molecule is CC(C)CCCCC(=O)C(CNC(=O)[C@@H](N)[C@@H](C)O)C(N)(C(=O)O)C(=O)C(N)CCN. The number of unbranched alkanes of at least 4 members (excludes halogenated alkanes) is 1. The second-order valence-corrected chi connectivity index (χ2v) is 8.39. The van der Waals surface area contributed by atoms with E-state index in [1.54, 1.807) is 0 Å². The van der Waals surface area contributed by atoms with Crippen LogP contribution in [-0.2, 0) is 19.2 Å². The van der Waals surface area contributed by atoms with E-state index in [2.05, 4.69) is 5.32 Å². The molecule has 180 valence electrons. The molecular formula is C20H39N5O6. The summed E-state index contributed by atoms with van der Waals surface area (Å²) in [5.41, 5.74) is 20.1. The molecule has 0 saturated heterocycles. The van der Waals surface area contributed by atoms with Gasteiger partial charge in [-0.15, -0.1) is 0 Å². The van der Waals surface area contributed by atoms with Gasteiger partial charge in [0.15, 0.2) is 11.3 Å². The molecule has 0 rings (SSSR count). The highest BCUT2D eigenvalue weighted by atomic mass is 16.4. The van der Waals surface area contributed by atoms with Crippen molar-refractivity contribution < 1.29 is 29.4 Å². The largest absolute Gasteiger partial charge is 0.480 e. The Kier molecular flexibility index (Phi) is 12.6. The first kappa shape index (κ1) is 29.1. The summed E-state index contributed by atoms with van der Waals surface area (Å²) in [5, 5.41) is 21.6. The fraction of sp³-hybridized carbons (Fsp3) is 0.800. The number of amides is 1. The fourth-order valence-corrected chi connectivity index (χ4v) is 3.14. The third-order valence-corrected chi connectivity index (χ3v) is 5.27. The summed E-state index contributed by atoms with van der Waals surface area (Å²) < 4.78 is 0. The van der Waals surface area contributed by atoms with Crippen LogP contribution >= 0.6 is 0 Å². The van der Waals surface area contributed by atoms with Gasteiger partial charge in [0.2, 0.25) is 5.91 Å². The van der Waals surface area contributed by atoms with E-state index in [-0.39, 0.29) is 19.4 Å². The second-order valence-electron chi connectivity index (χ2n) is 8.39. The van der Waals surface area contributed by atoms with Gasteiger partial charge in [-0.3, -0.25) is 14.4 Å². The van der Waals surface area contributed by atoms with Crippen LogP contribution in [0.25, 0.3) is 0 Å². The Balaban J connectivity index is 5.76. The Morgan fingerprint density at radius 1 is 1.03 bits per heavy atom. The number of carboxylic acid groups (broad SMARTS) is 1. The smallest absolute Gasteiger partial charge is 0.332 e. The molecule has 11 nitrogen and oxygen atoms in total. The van der Waals surface area contributed by atoms with Gasteiger partial charge in [0.25, 0.3) is 0 Å². The Labute approximate surface area is 183 Å². The lowest BCUT2D eigenvalue weighted by Gasteiger charge is -2.33. The van der Waals surface area contributed by atoms with E-state index in [0.717, 1.165) is 12.8 Å². The first-order valence-electron chi connectivity index (χ1n) is 10.6. The standard InChI is InChI=1S/C20H39N5O6/c1-11(2)6-4-5-7-15(27)13(10-25-18(29)16(23)12(3)26)20(24,19(30)31)17(28)14(22)8-9-21/h11-14,16,26H,4-10,21-24H2,1-3H3,(H,25,29)(H,30,31)/t12-,13?,14?,16+,20?/m1/s1. The summed E-state index contributed by atoms with van der Waals surface area (Å²) in [6, 6.07) is -2.58. The average molecular weight is 446 g/mol. The quantitative estimate of drug-likeness (QED) is 0.105. The zero-order chi connectivity index (χ0) is 24.4. The monoisotopic (exact) mass is 445 g/mol. The van der Waals surface area contributed by atoms with E-state index in [1.165, 1.54) is 6.92 Å². The van der Waals surface area contributed by atoms with Gasteiger partial charge >= 0.3 is 5.97 Å². The minimum absolute atomic E-state index is 0.0125. The summed E-state index contributed by atoms with van der Waals surface area (Å²) in [6.45, 7) is 4.88. The lowest BCUT2D eigenvalue weighted by molar-refractivity contribution is -0.155. The third kappa shape index (κ3) is 8.62. The van der Waals surface area contributed by atoms with E-state index < -0.39 is 59.6 Å². The van der Waals surface area contributed by atoms with Crippen molar-refractivity contribution in [3.8, 4) is 0 Å². The van der Waals surface area contributed by atoms with Crippen LogP contribution in [0.2, 0.25) is 0 Å². The molecule has 31 heavy (non-hydrogen) atoms. The van der Waals surface area contributed by atoms with Gasteiger partial charge in [0.05, 0.1) is 18.1 Å². The Bertz CT molecular complexity index is 627. The van der Waals surface area contributed by atoms with Gasteiger partial charge in [-0.2, -0.15) is 0 Å². The number of carbonyl (C=O) groups excluding carboxylic acids is 3. The number of aliphatic hydroxyl groups excluding tert-OH is 1. The number of aliphatic carboxylic acids is 1. The summed E-state index contributed by atoms with van der Waals surface area (Å²) in [7, 11) is 0. The van der Waals surface area contributed by atoms with Gasteiger partial charge in [-0.25, -0.2) is 4.79 Å². The number of nitrogens with two attached hydrogens (primary N) is 4. The third-order valence-electron chi connectivity index (χ3n) is 5.27. The van der Waals surface area contributed by atoms with Crippen molar-refractivity contribution in [3.63, 3.8) is 0 Å². The molecule has 0 radical (unpaired) electrons. The summed E-state index contributed by atoms with van der Waals surface area (Å²) in [5.74, 6) is -5.27. The summed E-state index contributed by atoms with van der Waals surface area (Å²) in [6.07, 6.45) is 0.895. The fourth-order valence-electron chi connectivity index (χ4n) is 3.14. The van der Waals surface area contributed by atoms with Crippen LogP contribution < -0.4 is 28.3 Å². The first-order valence-corrected chi connectivity index (χ1v) is 10.6. The first-order chi connectivity index (χ1) is 14.3. The van der Waals surface area contributed by atoms with Crippen molar-refractivity contribution in [1.29, 1.82) is 0 Å². The van der Waals surface area contributed by atoms with Crippen molar-refractivity contribution in [2.24, 2.45) is 34.8 Å². The lowest BCUT2D eigenvalue weighted by atomic mass is 9.74. The predicted molar refractivity (Wildman–Crippen MR) is 116 cm³/mol. The molecule has 0 heterocycles. The van der Waals surface area contributed by atoms with Crippen molar-refractivity contribution in [2.45, 2.75) is 76.6 Å².